The summed E-state index contributed by atoms with van der Waals surface area (Å²) in [7, 11) is 0. The van der Waals surface area contributed by atoms with Gasteiger partial charge in [0.25, 0.3) is 0 Å². The van der Waals surface area contributed by atoms with Gasteiger partial charge >= 0.3 is 5.95 Å². The van der Waals surface area contributed by atoms with Crippen molar-refractivity contribution >= 4 is 29.1 Å². The first-order chi connectivity index (χ1) is 11.0. The summed E-state index contributed by atoms with van der Waals surface area (Å²) >= 11 is 5.92. The number of amides is 1. The molecular weight excluding hydrogens is 326 g/mol. The highest BCUT2D eigenvalue weighted by Crippen LogP contribution is 2.28. The monoisotopic (exact) mass is 339 g/mol. The Kier molecular flexibility index (Phi) is 5.47. The van der Waals surface area contributed by atoms with Crippen LogP contribution in [0.5, 0.6) is 5.75 Å². The zero-order chi connectivity index (χ0) is 16.8. The number of nitrogens with zero attached hydrogens (tertiary/aromatic N) is 4. The molecule has 1 aromatic carbocycles. The maximum Gasteiger partial charge on any atom is 0.490 e. The largest absolute Gasteiger partial charge is 0.491 e. The highest BCUT2D eigenvalue weighted by atomic mass is 35.5. The van der Waals surface area contributed by atoms with E-state index in [1.54, 1.807) is 18.2 Å². The number of carbonyl (C=O) groups excluding carboxylic acids is 1. The zero-order valence-electron chi connectivity index (χ0n) is 12.2. The minimum Gasteiger partial charge on any atom is -0.491 e. The second kappa shape index (κ2) is 7.54. The van der Waals surface area contributed by atoms with Crippen LogP contribution in [0.15, 0.2) is 24.5 Å². The Labute approximate surface area is 136 Å². The molecule has 1 N–H and O–H groups in total. The molecule has 0 aliphatic rings. The Balaban J connectivity index is 2.06. The summed E-state index contributed by atoms with van der Waals surface area (Å²) in [6, 6.07) is 4.88. The fraction of sp³-hybridized carbons (Fsp3) is 0.308. The Morgan fingerprint density at radius 3 is 2.96 bits per heavy atom. The van der Waals surface area contributed by atoms with Gasteiger partial charge in [0, 0.05) is 10.1 Å². The molecule has 0 atom stereocenters. The first-order valence-corrected chi connectivity index (χ1v) is 7.13. The van der Waals surface area contributed by atoms with Gasteiger partial charge in [-0.3, -0.25) is 4.79 Å². The van der Waals surface area contributed by atoms with Crippen LogP contribution in [0.2, 0.25) is 5.02 Å². The molecule has 0 radical (unpaired) electrons. The molecule has 1 amide bonds. The lowest BCUT2D eigenvalue weighted by atomic mass is 10.3. The van der Waals surface area contributed by atoms with Gasteiger partial charge in [0.1, 0.15) is 12.3 Å². The number of anilines is 1. The van der Waals surface area contributed by atoms with E-state index >= 15 is 0 Å². The van der Waals surface area contributed by atoms with E-state index in [-0.39, 0.29) is 6.54 Å². The van der Waals surface area contributed by atoms with Gasteiger partial charge in [-0.05, 0) is 29.5 Å². The van der Waals surface area contributed by atoms with Crippen molar-refractivity contribution in [3.8, 4) is 5.75 Å². The first kappa shape index (κ1) is 16.7. The number of nitrogens with one attached hydrogen (secondary N) is 1. The second-order valence-electron chi connectivity index (χ2n) is 4.54. The molecule has 0 saturated heterocycles. The lowest BCUT2D eigenvalue weighted by molar-refractivity contribution is -0.394. The minimum atomic E-state index is -0.734. The van der Waals surface area contributed by atoms with Crippen LogP contribution < -0.4 is 10.1 Å². The molecule has 0 spiro atoms. The van der Waals surface area contributed by atoms with Gasteiger partial charge in [-0.1, -0.05) is 23.5 Å². The quantitative estimate of drug-likeness (QED) is 0.611. The van der Waals surface area contributed by atoms with E-state index in [1.807, 2.05) is 6.92 Å². The number of hydrogen-bond acceptors (Lipinski definition) is 6. The standard InChI is InChI=1S/C13H14ClN5O4/c1-2-5-23-11-4-3-9(14)6-10(11)16-12(20)7-18-8-15-13(17-18)19(21)22/h3-4,6,8H,2,5,7H2,1H3,(H,16,20). The average Bonchev–Trinajstić information content (AvgIpc) is 2.95. The van der Waals surface area contributed by atoms with E-state index in [4.69, 9.17) is 16.3 Å². The van der Waals surface area contributed by atoms with Crippen molar-refractivity contribution in [3.05, 3.63) is 39.7 Å². The van der Waals surface area contributed by atoms with Gasteiger partial charge < -0.3 is 20.2 Å². The van der Waals surface area contributed by atoms with Crippen LogP contribution in [0, 0.1) is 10.1 Å². The van der Waals surface area contributed by atoms with E-state index in [0.29, 0.717) is 23.1 Å². The third kappa shape index (κ3) is 4.65. The van der Waals surface area contributed by atoms with E-state index in [0.717, 1.165) is 17.4 Å². The first-order valence-electron chi connectivity index (χ1n) is 6.75. The Morgan fingerprint density at radius 2 is 2.30 bits per heavy atom. The third-order valence-corrected chi connectivity index (χ3v) is 2.91. The van der Waals surface area contributed by atoms with Gasteiger partial charge in [0.2, 0.25) is 12.2 Å². The summed E-state index contributed by atoms with van der Waals surface area (Å²) in [4.78, 5) is 25.3. The van der Waals surface area contributed by atoms with Crippen LogP contribution in [0.25, 0.3) is 0 Å². The smallest absolute Gasteiger partial charge is 0.490 e. The predicted molar refractivity (Wildman–Crippen MR) is 82.5 cm³/mol. The number of aromatic nitrogens is 3. The van der Waals surface area contributed by atoms with E-state index < -0.39 is 16.8 Å². The molecule has 0 bridgehead atoms. The number of halogens is 1. The van der Waals surface area contributed by atoms with Gasteiger partial charge in [-0.25, -0.2) is 0 Å². The lowest BCUT2D eigenvalue weighted by Crippen LogP contribution is -2.19. The normalized spacial score (nSPS) is 10.3. The molecule has 2 rings (SSSR count). The summed E-state index contributed by atoms with van der Waals surface area (Å²) < 4.78 is 6.60. The third-order valence-electron chi connectivity index (χ3n) is 2.67. The number of rotatable bonds is 7. The van der Waals surface area contributed by atoms with Crippen LogP contribution in [-0.2, 0) is 11.3 Å². The van der Waals surface area contributed by atoms with Crippen molar-refractivity contribution in [1.82, 2.24) is 14.8 Å². The molecule has 1 heterocycles. The molecule has 9 nitrogen and oxygen atoms in total. The lowest BCUT2D eigenvalue weighted by Gasteiger charge is -2.12. The molecule has 10 heteroatoms. The van der Waals surface area contributed by atoms with Crippen LogP contribution in [0.1, 0.15) is 13.3 Å². The van der Waals surface area contributed by atoms with Crippen molar-refractivity contribution in [1.29, 1.82) is 0 Å². The molecule has 0 aliphatic carbocycles. The number of benzene rings is 1. The van der Waals surface area contributed by atoms with Gasteiger partial charge in [0.15, 0.2) is 0 Å². The molecule has 1 aromatic heterocycles. The van der Waals surface area contributed by atoms with Crippen molar-refractivity contribution in [3.63, 3.8) is 0 Å². The van der Waals surface area contributed by atoms with Crippen molar-refractivity contribution in [2.24, 2.45) is 0 Å². The highest BCUT2D eigenvalue weighted by Gasteiger charge is 2.16. The highest BCUT2D eigenvalue weighted by molar-refractivity contribution is 6.31. The summed E-state index contributed by atoms with van der Waals surface area (Å²) in [5.41, 5.74) is 0.422. The Hall–Kier alpha value is -2.68. The van der Waals surface area contributed by atoms with Crippen molar-refractivity contribution in [2.45, 2.75) is 19.9 Å². The van der Waals surface area contributed by atoms with Gasteiger partial charge in [-0.15, -0.1) is 0 Å². The number of ether oxygens (including phenoxy) is 1. The summed E-state index contributed by atoms with van der Waals surface area (Å²) in [6.45, 7) is 2.24. The molecule has 23 heavy (non-hydrogen) atoms. The number of nitro groups is 1. The Morgan fingerprint density at radius 1 is 1.52 bits per heavy atom. The molecular formula is C13H14ClN5O4. The van der Waals surface area contributed by atoms with Crippen LogP contribution in [0.3, 0.4) is 0 Å². The topological polar surface area (TPSA) is 112 Å². The zero-order valence-corrected chi connectivity index (χ0v) is 13.0. The summed E-state index contributed by atoms with van der Waals surface area (Å²) in [5, 5.41) is 17.2. The van der Waals surface area contributed by atoms with Gasteiger partial charge in [-0.2, -0.15) is 4.68 Å². The maximum absolute atomic E-state index is 12.0. The minimum absolute atomic E-state index is 0.222. The SMILES string of the molecule is CCCOc1ccc(Cl)cc1NC(=O)Cn1cnc([N+](=O)[O-])n1. The molecule has 0 aliphatic heterocycles. The summed E-state index contributed by atoms with van der Waals surface area (Å²) in [5.74, 6) is -0.505. The average molecular weight is 340 g/mol. The van der Waals surface area contributed by atoms with Crippen LogP contribution >= 0.6 is 11.6 Å². The number of carbonyl (C=O) groups is 1. The van der Waals surface area contributed by atoms with E-state index in [2.05, 4.69) is 15.4 Å². The number of hydrogen-bond donors (Lipinski definition) is 1. The van der Waals surface area contributed by atoms with Crippen molar-refractivity contribution < 1.29 is 14.5 Å². The molecule has 0 unspecified atom stereocenters. The van der Waals surface area contributed by atoms with Gasteiger partial charge in [0.05, 0.1) is 12.3 Å². The van der Waals surface area contributed by atoms with E-state index in [9.17, 15) is 14.9 Å². The fourth-order valence-electron chi connectivity index (χ4n) is 1.72. The molecule has 2 aromatic rings. The van der Waals surface area contributed by atoms with E-state index in [1.165, 1.54) is 0 Å². The molecule has 0 fully saturated rings. The fourth-order valence-corrected chi connectivity index (χ4v) is 1.89. The summed E-state index contributed by atoms with van der Waals surface area (Å²) in [6.07, 6.45) is 1.93. The molecule has 0 saturated carbocycles. The molecule has 122 valence electrons. The second-order valence-corrected chi connectivity index (χ2v) is 4.97. The predicted octanol–water partition coefficient (Wildman–Crippen LogP) is 2.27. The van der Waals surface area contributed by atoms with Crippen molar-refractivity contribution in [2.75, 3.05) is 11.9 Å². The Bertz CT molecular complexity index is 718. The van der Waals surface area contributed by atoms with Crippen LogP contribution in [-0.4, -0.2) is 32.2 Å². The van der Waals surface area contributed by atoms with Crippen LogP contribution in [0.4, 0.5) is 11.6 Å². The maximum atomic E-state index is 12.0.